The molecule has 1 amide bonds. The number of rotatable bonds is 2. The average molecular weight is 237 g/mol. The van der Waals surface area contributed by atoms with Gasteiger partial charge in [-0.1, -0.05) is 27.7 Å². The Bertz CT molecular complexity index is 332. The Morgan fingerprint density at radius 3 is 2.29 bits per heavy atom. The lowest BCUT2D eigenvalue weighted by molar-refractivity contribution is -0.149. The van der Waals surface area contributed by atoms with E-state index in [1.165, 1.54) is 12.8 Å². The summed E-state index contributed by atoms with van der Waals surface area (Å²) in [7, 11) is 3.83. The predicted octanol–water partition coefficient (Wildman–Crippen LogP) is 3.17. The van der Waals surface area contributed by atoms with E-state index < -0.39 is 0 Å². The van der Waals surface area contributed by atoms with Crippen molar-refractivity contribution in [3.8, 4) is 0 Å². The van der Waals surface area contributed by atoms with Gasteiger partial charge in [-0.05, 0) is 42.4 Å². The summed E-state index contributed by atoms with van der Waals surface area (Å²) in [5.74, 6) is 2.31. The van der Waals surface area contributed by atoms with E-state index in [-0.39, 0.29) is 10.8 Å². The first-order valence-electron chi connectivity index (χ1n) is 6.97. The summed E-state index contributed by atoms with van der Waals surface area (Å²) in [6, 6.07) is 0. The van der Waals surface area contributed by atoms with E-state index in [1.54, 1.807) is 0 Å². The molecule has 3 unspecified atom stereocenters. The fourth-order valence-electron chi connectivity index (χ4n) is 4.81. The van der Waals surface area contributed by atoms with Crippen LogP contribution in [0.5, 0.6) is 0 Å². The highest BCUT2D eigenvalue weighted by Gasteiger charge is 2.68. The fraction of sp³-hybridized carbons (Fsp3) is 0.933. The first kappa shape index (κ1) is 12.9. The number of hydrogen-bond donors (Lipinski definition) is 0. The Balaban J connectivity index is 2.47. The van der Waals surface area contributed by atoms with Crippen molar-refractivity contribution in [1.82, 2.24) is 4.90 Å². The average Bonchev–Trinajstić information content (AvgIpc) is 2.62. The summed E-state index contributed by atoms with van der Waals surface area (Å²) in [5.41, 5.74) is 0.0959. The molecule has 2 aliphatic carbocycles. The Morgan fingerprint density at radius 1 is 1.29 bits per heavy atom. The fourth-order valence-corrected chi connectivity index (χ4v) is 4.81. The Labute approximate surface area is 106 Å². The van der Waals surface area contributed by atoms with Crippen LogP contribution in [0.4, 0.5) is 0 Å². The molecule has 0 aromatic carbocycles. The molecule has 2 heteroatoms. The maximum atomic E-state index is 12.8. The zero-order valence-corrected chi connectivity index (χ0v) is 12.2. The van der Waals surface area contributed by atoms with Crippen molar-refractivity contribution in [2.75, 3.05) is 14.1 Å². The van der Waals surface area contributed by atoms with Gasteiger partial charge in [-0.2, -0.15) is 0 Å². The third-order valence-electron chi connectivity index (χ3n) is 5.82. The molecular formula is C15H27NO. The van der Waals surface area contributed by atoms with Crippen LogP contribution in [-0.2, 0) is 4.79 Å². The molecule has 17 heavy (non-hydrogen) atoms. The number of nitrogens with zero attached hydrogens (tertiary/aromatic N) is 1. The molecule has 3 atom stereocenters. The second kappa shape index (κ2) is 3.73. The molecular weight excluding hydrogens is 210 g/mol. The van der Waals surface area contributed by atoms with Gasteiger partial charge >= 0.3 is 0 Å². The highest BCUT2D eigenvalue weighted by atomic mass is 16.2. The molecule has 0 saturated heterocycles. The van der Waals surface area contributed by atoms with Gasteiger partial charge in [0.1, 0.15) is 0 Å². The van der Waals surface area contributed by atoms with Crippen molar-refractivity contribution < 1.29 is 4.79 Å². The molecule has 2 fully saturated rings. The number of amides is 1. The first-order chi connectivity index (χ1) is 7.75. The molecule has 0 radical (unpaired) electrons. The minimum absolute atomic E-state index is 0.0880. The van der Waals surface area contributed by atoms with Crippen molar-refractivity contribution in [2.45, 2.75) is 47.0 Å². The van der Waals surface area contributed by atoms with Gasteiger partial charge in [0.15, 0.2) is 0 Å². The molecule has 0 aliphatic heterocycles. The van der Waals surface area contributed by atoms with Crippen LogP contribution in [0.3, 0.4) is 0 Å². The molecule has 2 nitrogen and oxygen atoms in total. The van der Waals surface area contributed by atoms with E-state index in [0.717, 1.165) is 12.3 Å². The van der Waals surface area contributed by atoms with Crippen LogP contribution in [0.25, 0.3) is 0 Å². The molecule has 98 valence electrons. The van der Waals surface area contributed by atoms with E-state index in [1.807, 2.05) is 19.0 Å². The van der Waals surface area contributed by atoms with Gasteiger partial charge in [-0.3, -0.25) is 4.79 Å². The third-order valence-corrected chi connectivity index (χ3v) is 5.82. The summed E-state index contributed by atoms with van der Waals surface area (Å²) < 4.78 is 0. The number of hydrogen-bond acceptors (Lipinski definition) is 1. The standard InChI is InChI=1S/C15H27NO/c1-10(2)12-9-11-7-8-15(12,14(11,3)4)13(17)16(5)6/h10-12H,7-9H2,1-6H3. The predicted molar refractivity (Wildman–Crippen MR) is 70.6 cm³/mol. The molecule has 0 aromatic rings. The maximum Gasteiger partial charge on any atom is 0.229 e. The normalized spacial score (nSPS) is 38.8. The lowest BCUT2D eigenvalue weighted by atomic mass is 9.61. The molecule has 2 rings (SSSR count). The van der Waals surface area contributed by atoms with Crippen molar-refractivity contribution in [1.29, 1.82) is 0 Å². The van der Waals surface area contributed by atoms with Crippen LogP contribution in [0.1, 0.15) is 47.0 Å². The topological polar surface area (TPSA) is 20.3 Å². The molecule has 0 spiro atoms. The SMILES string of the molecule is CC(C)C1CC2CCC1(C(=O)N(C)C)C2(C)C. The molecule has 2 bridgehead atoms. The van der Waals surface area contributed by atoms with E-state index in [9.17, 15) is 4.79 Å². The monoisotopic (exact) mass is 237 g/mol. The summed E-state index contributed by atoms with van der Waals surface area (Å²) in [5, 5.41) is 0. The van der Waals surface area contributed by atoms with Gasteiger partial charge in [-0.15, -0.1) is 0 Å². The van der Waals surface area contributed by atoms with Crippen LogP contribution in [-0.4, -0.2) is 24.9 Å². The smallest absolute Gasteiger partial charge is 0.229 e. The van der Waals surface area contributed by atoms with E-state index in [0.29, 0.717) is 17.7 Å². The second-order valence-electron chi connectivity index (χ2n) is 7.21. The number of fused-ring (bicyclic) bond motifs is 2. The molecule has 0 N–H and O–H groups in total. The third kappa shape index (κ3) is 1.42. The minimum atomic E-state index is -0.0880. The zero-order valence-electron chi connectivity index (χ0n) is 12.2. The zero-order chi connectivity index (χ0) is 13.0. The Morgan fingerprint density at radius 2 is 1.88 bits per heavy atom. The highest BCUT2D eigenvalue weighted by molar-refractivity contribution is 5.84. The summed E-state index contributed by atoms with van der Waals surface area (Å²) in [4.78, 5) is 14.6. The highest BCUT2D eigenvalue weighted by Crippen LogP contribution is 2.70. The van der Waals surface area contributed by atoms with Gasteiger partial charge < -0.3 is 4.90 Å². The summed E-state index contributed by atoms with van der Waals surface area (Å²) in [6.45, 7) is 9.22. The Kier molecular flexibility index (Phi) is 2.83. The minimum Gasteiger partial charge on any atom is -0.348 e. The lowest BCUT2D eigenvalue weighted by Gasteiger charge is -2.44. The first-order valence-corrected chi connectivity index (χ1v) is 6.97. The maximum absolute atomic E-state index is 12.8. The van der Waals surface area contributed by atoms with Gasteiger partial charge in [-0.25, -0.2) is 0 Å². The van der Waals surface area contributed by atoms with Crippen molar-refractivity contribution >= 4 is 5.91 Å². The molecule has 2 saturated carbocycles. The summed E-state index contributed by atoms with van der Waals surface area (Å²) >= 11 is 0. The van der Waals surface area contributed by atoms with Crippen LogP contribution in [0.2, 0.25) is 0 Å². The molecule has 2 aliphatic rings. The molecule has 0 aromatic heterocycles. The number of carbonyl (C=O) groups is 1. The van der Waals surface area contributed by atoms with Gasteiger partial charge in [0.05, 0.1) is 5.41 Å². The van der Waals surface area contributed by atoms with Crippen molar-refractivity contribution in [2.24, 2.45) is 28.6 Å². The van der Waals surface area contributed by atoms with Crippen LogP contribution in [0, 0.1) is 28.6 Å². The van der Waals surface area contributed by atoms with Gasteiger partial charge in [0.25, 0.3) is 0 Å². The van der Waals surface area contributed by atoms with Crippen LogP contribution in [0.15, 0.2) is 0 Å². The van der Waals surface area contributed by atoms with E-state index >= 15 is 0 Å². The van der Waals surface area contributed by atoms with Gasteiger partial charge in [0.2, 0.25) is 5.91 Å². The van der Waals surface area contributed by atoms with E-state index in [2.05, 4.69) is 27.7 Å². The van der Waals surface area contributed by atoms with Crippen LogP contribution < -0.4 is 0 Å². The van der Waals surface area contributed by atoms with Crippen LogP contribution >= 0.6 is 0 Å². The molecule has 0 heterocycles. The Hall–Kier alpha value is -0.530. The van der Waals surface area contributed by atoms with E-state index in [4.69, 9.17) is 0 Å². The number of carbonyl (C=O) groups excluding carboxylic acids is 1. The summed E-state index contributed by atoms with van der Waals surface area (Å²) in [6.07, 6.45) is 3.60. The largest absolute Gasteiger partial charge is 0.348 e. The quantitative estimate of drug-likeness (QED) is 0.722. The lowest BCUT2D eigenvalue weighted by Crippen LogP contribution is -2.50. The van der Waals surface area contributed by atoms with Crippen molar-refractivity contribution in [3.63, 3.8) is 0 Å². The van der Waals surface area contributed by atoms with Crippen molar-refractivity contribution in [3.05, 3.63) is 0 Å². The van der Waals surface area contributed by atoms with Gasteiger partial charge in [0, 0.05) is 14.1 Å². The second-order valence-corrected chi connectivity index (χ2v) is 7.21.